The van der Waals surface area contributed by atoms with E-state index in [2.05, 4.69) is 11.1 Å². The Bertz CT molecular complexity index is 1360. The van der Waals surface area contributed by atoms with E-state index in [1.807, 2.05) is 51.7 Å². The number of ether oxygens (including phenoxy) is 2. The third-order valence-corrected chi connectivity index (χ3v) is 6.87. The number of pyridine rings is 1. The number of hydrogen-bond donors (Lipinski definition) is 2. The molecule has 1 atom stereocenters. The molecule has 3 aromatic rings. The predicted octanol–water partition coefficient (Wildman–Crippen LogP) is 6.61. The van der Waals surface area contributed by atoms with Gasteiger partial charge < -0.3 is 25.1 Å². The molecular formula is C29H36ClN3O4. The molecule has 37 heavy (non-hydrogen) atoms. The van der Waals surface area contributed by atoms with Crippen molar-refractivity contribution in [2.24, 2.45) is 0 Å². The van der Waals surface area contributed by atoms with Crippen molar-refractivity contribution in [1.82, 2.24) is 9.88 Å². The Morgan fingerprint density at radius 2 is 1.84 bits per heavy atom. The highest BCUT2D eigenvalue weighted by Gasteiger charge is 2.30. The maximum absolute atomic E-state index is 13.3. The smallest absolute Gasteiger partial charge is 0.410 e. The van der Waals surface area contributed by atoms with Crippen molar-refractivity contribution in [3.63, 3.8) is 0 Å². The molecule has 3 N–H and O–H groups in total. The Labute approximate surface area is 222 Å². The van der Waals surface area contributed by atoms with Gasteiger partial charge in [-0.25, -0.2) is 4.79 Å². The fourth-order valence-corrected chi connectivity index (χ4v) is 5.16. The van der Waals surface area contributed by atoms with E-state index < -0.39 is 5.60 Å². The van der Waals surface area contributed by atoms with E-state index in [9.17, 15) is 9.59 Å². The number of nitrogens with one attached hydrogen (secondary N) is 1. The molecule has 1 unspecified atom stereocenters. The second-order valence-corrected chi connectivity index (χ2v) is 11.3. The number of H-pyrrole nitrogens is 1. The van der Waals surface area contributed by atoms with Gasteiger partial charge in [0.2, 0.25) is 0 Å². The van der Waals surface area contributed by atoms with E-state index in [4.69, 9.17) is 26.8 Å². The molecule has 1 fully saturated rings. The van der Waals surface area contributed by atoms with E-state index in [1.54, 1.807) is 12.1 Å². The summed E-state index contributed by atoms with van der Waals surface area (Å²) in [5.74, 6) is 0.465. The zero-order chi connectivity index (χ0) is 26.9. The second kappa shape index (κ2) is 10.7. The molecule has 8 heteroatoms. The summed E-state index contributed by atoms with van der Waals surface area (Å²) in [6.45, 7) is 10.6. The molecule has 7 nitrogen and oxygen atoms in total. The number of piperidine rings is 1. The van der Waals surface area contributed by atoms with Crippen LogP contribution in [0.25, 0.3) is 22.0 Å². The Morgan fingerprint density at radius 1 is 1.14 bits per heavy atom. The zero-order valence-corrected chi connectivity index (χ0v) is 23.0. The van der Waals surface area contributed by atoms with Crippen LogP contribution in [0.15, 0.2) is 35.1 Å². The van der Waals surface area contributed by atoms with E-state index in [1.165, 1.54) is 0 Å². The van der Waals surface area contributed by atoms with Crippen LogP contribution in [0, 0.1) is 13.8 Å². The number of rotatable bonds is 5. The summed E-state index contributed by atoms with van der Waals surface area (Å²) in [6, 6.07) is 9.40. The number of aromatic nitrogens is 1. The Hall–Kier alpha value is -3.19. The largest absolute Gasteiger partial charge is 0.492 e. The van der Waals surface area contributed by atoms with Gasteiger partial charge in [-0.1, -0.05) is 40.9 Å². The topological polar surface area (TPSA) is 97.6 Å². The van der Waals surface area contributed by atoms with Gasteiger partial charge in [-0.3, -0.25) is 4.79 Å². The summed E-state index contributed by atoms with van der Waals surface area (Å²) in [5, 5.41) is 1.05. The third kappa shape index (κ3) is 6.21. The molecule has 2 heterocycles. The summed E-state index contributed by atoms with van der Waals surface area (Å²) < 4.78 is 12.0. The van der Waals surface area contributed by atoms with Gasteiger partial charge in [0, 0.05) is 24.4 Å². The van der Waals surface area contributed by atoms with Gasteiger partial charge in [-0.2, -0.15) is 0 Å². The first-order valence-corrected chi connectivity index (χ1v) is 13.2. The first-order chi connectivity index (χ1) is 17.4. The van der Waals surface area contributed by atoms with Gasteiger partial charge in [0.1, 0.15) is 11.4 Å². The average molecular weight is 526 g/mol. The number of nitrogens with two attached hydrogens (primary N) is 1. The normalized spacial score (nSPS) is 16.2. The molecule has 1 aliphatic rings. The van der Waals surface area contributed by atoms with Gasteiger partial charge >= 0.3 is 6.09 Å². The number of hydrogen-bond acceptors (Lipinski definition) is 5. The summed E-state index contributed by atoms with van der Waals surface area (Å²) in [5.41, 5.74) is 9.61. The highest BCUT2D eigenvalue weighted by atomic mass is 35.5. The number of halogens is 1. The van der Waals surface area contributed by atoms with Crippen molar-refractivity contribution in [3.8, 4) is 16.9 Å². The van der Waals surface area contributed by atoms with Crippen LogP contribution in [0.1, 0.15) is 57.6 Å². The fraction of sp³-hybridized carbons (Fsp3) is 0.448. The van der Waals surface area contributed by atoms with E-state index in [0.717, 1.165) is 36.0 Å². The Kier molecular flexibility index (Phi) is 7.74. The summed E-state index contributed by atoms with van der Waals surface area (Å²) in [4.78, 5) is 30.9. The molecular weight excluding hydrogens is 490 g/mol. The minimum absolute atomic E-state index is 0.000962. The summed E-state index contributed by atoms with van der Waals surface area (Å²) >= 11 is 6.25. The number of aryl methyl sites for hydroxylation is 2. The zero-order valence-electron chi connectivity index (χ0n) is 22.2. The number of fused-ring (bicyclic) bond motifs is 1. The van der Waals surface area contributed by atoms with Crippen molar-refractivity contribution in [2.75, 3.05) is 18.9 Å². The van der Waals surface area contributed by atoms with Crippen LogP contribution in [-0.4, -0.2) is 40.8 Å². The van der Waals surface area contributed by atoms with Crippen molar-refractivity contribution < 1.29 is 14.3 Å². The van der Waals surface area contributed by atoms with Crippen molar-refractivity contribution >= 4 is 34.3 Å². The number of amides is 1. The SMILES string of the molecule is Cc1cc(C)cc(-c2c(OCCC3CCCCN3C(=O)OC(C)(C)C)c3cc(N)c(Cl)cc3[nH]c2=O)c1. The molecule has 2 aromatic carbocycles. The van der Waals surface area contributed by atoms with Crippen molar-refractivity contribution in [2.45, 2.75) is 71.9 Å². The lowest BCUT2D eigenvalue weighted by atomic mass is 9.98. The lowest BCUT2D eigenvalue weighted by molar-refractivity contribution is 0.00745. The number of anilines is 1. The predicted molar refractivity (Wildman–Crippen MR) is 150 cm³/mol. The minimum atomic E-state index is -0.554. The van der Waals surface area contributed by atoms with Crippen LogP contribution in [0.2, 0.25) is 5.02 Å². The molecule has 0 bridgehead atoms. The molecule has 0 saturated carbocycles. The molecule has 1 amide bonds. The van der Waals surface area contributed by atoms with Gasteiger partial charge in [-0.15, -0.1) is 0 Å². The molecule has 1 aliphatic heterocycles. The number of nitrogens with zero attached hydrogens (tertiary/aromatic N) is 1. The fourth-order valence-electron chi connectivity index (χ4n) is 4.99. The molecule has 198 valence electrons. The average Bonchev–Trinajstić information content (AvgIpc) is 2.79. The van der Waals surface area contributed by atoms with Crippen LogP contribution >= 0.6 is 11.6 Å². The first-order valence-electron chi connectivity index (χ1n) is 12.8. The van der Waals surface area contributed by atoms with Crippen LogP contribution in [-0.2, 0) is 4.74 Å². The van der Waals surface area contributed by atoms with E-state index in [0.29, 0.717) is 52.5 Å². The quantitative estimate of drug-likeness (QED) is 0.365. The molecule has 0 radical (unpaired) electrons. The van der Waals surface area contributed by atoms with Crippen molar-refractivity contribution in [3.05, 3.63) is 56.8 Å². The molecule has 1 aromatic heterocycles. The molecule has 0 spiro atoms. The second-order valence-electron chi connectivity index (χ2n) is 10.9. The van der Waals surface area contributed by atoms with Crippen LogP contribution in [0.4, 0.5) is 10.5 Å². The lowest BCUT2D eigenvalue weighted by Crippen LogP contribution is -2.46. The molecule has 4 rings (SSSR count). The van der Waals surface area contributed by atoms with Gasteiger partial charge in [0.25, 0.3) is 5.56 Å². The Morgan fingerprint density at radius 3 is 2.51 bits per heavy atom. The summed E-state index contributed by atoms with van der Waals surface area (Å²) in [6.07, 6.45) is 3.19. The van der Waals surface area contributed by atoms with E-state index in [-0.39, 0.29) is 17.7 Å². The van der Waals surface area contributed by atoms with Gasteiger partial charge in [-0.05, 0) is 71.6 Å². The molecule has 0 aliphatic carbocycles. The highest BCUT2D eigenvalue weighted by molar-refractivity contribution is 6.34. The van der Waals surface area contributed by atoms with Crippen molar-refractivity contribution in [1.29, 1.82) is 0 Å². The Balaban J connectivity index is 1.68. The molecule has 1 saturated heterocycles. The standard InChI is InChI=1S/C29H36ClN3O4/c1-17-12-18(2)14-19(13-17)25-26(21-15-23(31)22(30)16-24(21)32-27(25)34)36-11-9-20-8-6-7-10-33(20)28(35)37-29(3,4)5/h12-16,20H,6-11,31H2,1-5H3,(H,32,34). The number of likely N-dealkylation sites (tertiary alicyclic amines) is 1. The number of nitrogen functional groups attached to an aromatic ring is 1. The monoisotopic (exact) mass is 525 g/mol. The lowest BCUT2D eigenvalue weighted by Gasteiger charge is -2.36. The van der Waals surface area contributed by atoms with E-state index >= 15 is 0 Å². The van der Waals surface area contributed by atoms with Gasteiger partial charge in [0.05, 0.1) is 28.4 Å². The minimum Gasteiger partial charge on any atom is -0.492 e. The number of carbonyl (C=O) groups is 1. The maximum atomic E-state index is 13.3. The number of aromatic amines is 1. The summed E-state index contributed by atoms with van der Waals surface area (Å²) in [7, 11) is 0. The van der Waals surface area contributed by atoms with Crippen LogP contribution < -0.4 is 16.0 Å². The number of benzene rings is 2. The third-order valence-electron chi connectivity index (χ3n) is 6.55. The van der Waals surface area contributed by atoms with Crippen LogP contribution in [0.3, 0.4) is 0 Å². The van der Waals surface area contributed by atoms with Crippen LogP contribution in [0.5, 0.6) is 5.75 Å². The first kappa shape index (κ1) is 26.9. The highest BCUT2D eigenvalue weighted by Crippen LogP contribution is 2.37. The maximum Gasteiger partial charge on any atom is 0.410 e. The van der Waals surface area contributed by atoms with Gasteiger partial charge in [0.15, 0.2) is 0 Å². The number of carbonyl (C=O) groups excluding carboxylic acids is 1.